The molecule has 9 rings (SSSR count). The van der Waals surface area contributed by atoms with Crippen LogP contribution in [-0.4, -0.2) is 0 Å². The monoisotopic (exact) mass is 691 g/mol. The smallest absolute Gasteiger partial charge is 0.0540 e. The van der Waals surface area contributed by atoms with Crippen molar-refractivity contribution >= 4 is 39.0 Å². The van der Waals surface area contributed by atoms with Crippen molar-refractivity contribution in [1.29, 1.82) is 0 Å². The van der Waals surface area contributed by atoms with E-state index < -0.39 is 0 Å². The Bertz CT molecular complexity index is 2630. The number of nitrogens with zero attached hydrogens (tertiary/aromatic N) is 1. The van der Waals surface area contributed by atoms with Crippen LogP contribution in [0, 0.1) is 5.92 Å². The standard InChI is InChI=1S/C53H41N/c1-38-34-47(30-33-51(38)41-15-4-2-5-16-41)46-22-13-23-50(37-46)54(53-25-11-10-24-52(53)42-17-6-3-7-18-42)49-31-28-40(29-32-49)44-20-12-21-45(35-44)48-27-26-39-14-8-9-19-43(39)36-48/h2-33,35-38H,34H2,1H3. The molecule has 0 amide bonds. The van der Waals surface area contributed by atoms with E-state index in [0.29, 0.717) is 5.92 Å². The maximum Gasteiger partial charge on any atom is 0.0540 e. The minimum absolute atomic E-state index is 0.429. The van der Waals surface area contributed by atoms with Gasteiger partial charge in [0, 0.05) is 16.9 Å². The molecule has 1 aliphatic carbocycles. The van der Waals surface area contributed by atoms with Crippen molar-refractivity contribution < 1.29 is 0 Å². The number of para-hydroxylation sites is 1. The normalized spacial score (nSPS) is 14.0. The second-order valence-electron chi connectivity index (χ2n) is 14.2. The fraction of sp³-hybridized carbons (Fsp3) is 0.0566. The maximum atomic E-state index is 2.42. The third kappa shape index (κ3) is 6.69. The zero-order valence-electron chi connectivity index (χ0n) is 30.4. The van der Waals surface area contributed by atoms with Crippen LogP contribution >= 0.6 is 0 Å². The quantitative estimate of drug-likeness (QED) is 0.153. The lowest BCUT2D eigenvalue weighted by molar-refractivity contribution is 0.771. The van der Waals surface area contributed by atoms with Gasteiger partial charge in [-0.05, 0) is 116 Å². The first kappa shape index (κ1) is 33.2. The van der Waals surface area contributed by atoms with Crippen LogP contribution in [0.25, 0.3) is 55.3 Å². The number of hydrogen-bond acceptors (Lipinski definition) is 1. The van der Waals surface area contributed by atoms with E-state index in [2.05, 4.69) is 224 Å². The Morgan fingerprint density at radius 1 is 0.389 bits per heavy atom. The first-order valence-corrected chi connectivity index (χ1v) is 18.9. The molecule has 8 aromatic carbocycles. The van der Waals surface area contributed by atoms with Gasteiger partial charge in [0.15, 0.2) is 0 Å². The molecule has 0 saturated heterocycles. The number of rotatable bonds is 8. The summed E-state index contributed by atoms with van der Waals surface area (Å²) in [6.45, 7) is 2.34. The van der Waals surface area contributed by atoms with Crippen molar-refractivity contribution in [3.63, 3.8) is 0 Å². The summed E-state index contributed by atoms with van der Waals surface area (Å²) in [5, 5.41) is 2.52. The van der Waals surface area contributed by atoms with Crippen molar-refractivity contribution in [3.8, 4) is 33.4 Å². The molecule has 1 nitrogen and oxygen atoms in total. The van der Waals surface area contributed by atoms with E-state index >= 15 is 0 Å². The van der Waals surface area contributed by atoms with Gasteiger partial charge in [-0.15, -0.1) is 0 Å². The van der Waals surface area contributed by atoms with E-state index in [1.54, 1.807) is 0 Å². The Labute approximate surface area is 318 Å². The van der Waals surface area contributed by atoms with Gasteiger partial charge in [-0.3, -0.25) is 0 Å². The van der Waals surface area contributed by atoms with Crippen LogP contribution < -0.4 is 4.90 Å². The summed E-state index contributed by atoms with van der Waals surface area (Å²) in [6.07, 6.45) is 5.64. The zero-order chi connectivity index (χ0) is 36.3. The Morgan fingerprint density at radius 3 is 1.76 bits per heavy atom. The molecule has 0 heterocycles. The predicted octanol–water partition coefficient (Wildman–Crippen LogP) is 14.8. The van der Waals surface area contributed by atoms with E-state index in [1.807, 2.05) is 0 Å². The zero-order valence-corrected chi connectivity index (χ0v) is 30.4. The maximum absolute atomic E-state index is 2.42. The van der Waals surface area contributed by atoms with Crippen molar-refractivity contribution in [1.82, 2.24) is 0 Å². The van der Waals surface area contributed by atoms with Gasteiger partial charge in [-0.25, -0.2) is 0 Å². The first-order valence-electron chi connectivity index (χ1n) is 18.9. The molecule has 1 unspecified atom stereocenters. The molecule has 0 aromatic heterocycles. The Kier molecular flexibility index (Phi) is 9.05. The van der Waals surface area contributed by atoms with Crippen LogP contribution in [0.4, 0.5) is 17.1 Å². The fourth-order valence-electron chi connectivity index (χ4n) is 7.94. The lowest BCUT2D eigenvalue weighted by Crippen LogP contribution is -2.12. The highest BCUT2D eigenvalue weighted by molar-refractivity contribution is 5.91. The third-order valence-electron chi connectivity index (χ3n) is 10.7. The molecular formula is C53H41N. The van der Waals surface area contributed by atoms with E-state index in [9.17, 15) is 0 Å². The highest BCUT2D eigenvalue weighted by Gasteiger charge is 2.21. The number of allylic oxidation sites excluding steroid dienone is 4. The molecule has 54 heavy (non-hydrogen) atoms. The molecule has 1 atom stereocenters. The minimum atomic E-state index is 0.429. The fourth-order valence-corrected chi connectivity index (χ4v) is 7.94. The summed E-state index contributed by atoms with van der Waals surface area (Å²) in [5.74, 6) is 0.429. The topological polar surface area (TPSA) is 3.24 Å². The second kappa shape index (κ2) is 14.7. The van der Waals surface area contributed by atoms with E-state index in [0.717, 1.165) is 23.5 Å². The van der Waals surface area contributed by atoms with Crippen molar-refractivity contribution in [2.24, 2.45) is 5.92 Å². The average Bonchev–Trinajstić information content (AvgIpc) is 3.25. The van der Waals surface area contributed by atoms with Gasteiger partial charge in [0.25, 0.3) is 0 Å². The van der Waals surface area contributed by atoms with E-state index in [1.165, 1.54) is 66.4 Å². The van der Waals surface area contributed by atoms with Gasteiger partial charge >= 0.3 is 0 Å². The van der Waals surface area contributed by atoms with Crippen LogP contribution in [0.3, 0.4) is 0 Å². The molecule has 0 fully saturated rings. The van der Waals surface area contributed by atoms with Crippen LogP contribution in [0.2, 0.25) is 0 Å². The van der Waals surface area contributed by atoms with Gasteiger partial charge in [0.1, 0.15) is 0 Å². The van der Waals surface area contributed by atoms with Crippen molar-refractivity contribution in [2.45, 2.75) is 13.3 Å². The molecule has 0 aliphatic heterocycles. The number of benzene rings is 8. The highest BCUT2D eigenvalue weighted by Crippen LogP contribution is 2.43. The third-order valence-corrected chi connectivity index (χ3v) is 10.7. The summed E-state index contributed by atoms with van der Waals surface area (Å²) >= 11 is 0. The van der Waals surface area contributed by atoms with E-state index in [4.69, 9.17) is 0 Å². The van der Waals surface area contributed by atoms with Gasteiger partial charge in [-0.2, -0.15) is 0 Å². The second-order valence-corrected chi connectivity index (χ2v) is 14.2. The van der Waals surface area contributed by atoms with Crippen LogP contribution in [-0.2, 0) is 0 Å². The summed E-state index contributed by atoms with van der Waals surface area (Å²) in [4.78, 5) is 2.42. The molecule has 1 heteroatoms. The van der Waals surface area contributed by atoms with Gasteiger partial charge in [0.05, 0.1) is 5.69 Å². The van der Waals surface area contributed by atoms with Gasteiger partial charge in [0.2, 0.25) is 0 Å². The van der Waals surface area contributed by atoms with Crippen LogP contribution in [0.1, 0.15) is 24.5 Å². The van der Waals surface area contributed by atoms with Crippen molar-refractivity contribution in [3.05, 3.63) is 223 Å². The lowest BCUT2D eigenvalue weighted by Gasteiger charge is -2.29. The molecule has 0 bridgehead atoms. The van der Waals surface area contributed by atoms with Crippen LogP contribution in [0.5, 0.6) is 0 Å². The Morgan fingerprint density at radius 2 is 0.981 bits per heavy atom. The largest absolute Gasteiger partial charge is 0.310 e. The summed E-state index contributed by atoms with van der Waals surface area (Å²) in [5.41, 5.74) is 15.9. The van der Waals surface area contributed by atoms with Crippen LogP contribution in [0.15, 0.2) is 212 Å². The molecule has 0 spiro atoms. The Hall–Kier alpha value is -6.70. The molecule has 8 aromatic rings. The summed E-state index contributed by atoms with van der Waals surface area (Å²) in [6, 6.07) is 72.6. The molecule has 0 saturated carbocycles. The highest BCUT2D eigenvalue weighted by atomic mass is 15.1. The molecule has 1 aliphatic rings. The number of fused-ring (bicyclic) bond motifs is 1. The van der Waals surface area contributed by atoms with Gasteiger partial charge < -0.3 is 4.90 Å². The summed E-state index contributed by atoms with van der Waals surface area (Å²) in [7, 11) is 0. The molecular weight excluding hydrogens is 651 g/mol. The molecule has 258 valence electrons. The van der Waals surface area contributed by atoms with E-state index in [-0.39, 0.29) is 0 Å². The first-order chi connectivity index (χ1) is 26.7. The number of anilines is 3. The van der Waals surface area contributed by atoms with Crippen molar-refractivity contribution in [2.75, 3.05) is 4.90 Å². The molecule has 0 radical (unpaired) electrons. The molecule has 0 N–H and O–H groups in total. The lowest BCUT2D eigenvalue weighted by atomic mass is 9.82. The average molecular weight is 692 g/mol. The minimum Gasteiger partial charge on any atom is -0.310 e. The number of hydrogen-bond donors (Lipinski definition) is 0. The van der Waals surface area contributed by atoms with Gasteiger partial charge in [-0.1, -0.05) is 177 Å². The predicted molar refractivity (Wildman–Crippen MR) is 231 cm³/mol. The Balaban J connectivity index is 1.10. The SMILES string of the molecule is CC1CC(c2cccc(N(c3ccc(-c4cccc(-c5ccc6ccccc6c5)c4)cc3)c3ccccc3-c3ccccc3)c2)=CC=C1c1ccccc1. The summed E-state index contributed by atoms with van der Waals surface area (Å²) < 4.78 is 0.